The summed E-state index contributed by atoms with van der Waals surface area (Å²) in [4.78, 5) is 0.287. The molecule has 4 nitrogen and oxygen atoms in total. The lowest BCUT2D eigenvalue weighted by molar-refractivity contribution is 0.338. The van der Waals surface area contributed by atoms with E-state index in [9.17, 15) is 8.42 Å². The zero-order valence-electron chi connectivity index (χ0n) is 12.1. The van der Waals surface area contributed by atoms with Crippen LogP contribution in [0.15, 0.2) is 29.2 Å². The maximum atomic E-state index is 12.1. The van der Waals surface area contributed by atoms with Gasteiger partial charge in [-0.2, -0.15) is 0 Å². The largest absolute Gasteiger partial charge is 0.326 e. The van der Waals surface area contributed by atoms with Crippen molar-refractivity contribution < 1.29 is 8.42 Å². The van der Waals surface area contributed by atoms with Crippen molar-refractivity contribution in [2.24, 2.45) is 11.1 Å². The lowest BCUT2D eigenvalue weighted by Crippen LogP contribution is -2.39. The van der Waals surface area contributed by atoms with Crippen molar-refractivity contribution in [3.05, 3.63) is 29.8 Å². The van der Waals surface area contributed by atoms with E-state index in [0.717, 1.165) is 12.0 Å². The highest BCUT2D eigenvalue weighted by Crippen LogP contribution is 2.19. The van der Waals surface area contributed by atoms with Gasteiger partial charge in [-0.15, -0.1) is 0 Å². The molecule has 1 rings (SSSR count). The Bertz CT molecular complexity index is 518. The van der Waals surface area contributed by atoms with Gasteiger partial charge in [-0.05, 0) is 36.5 Å². The van der Waals surface area contributed by atoms with Crippen molar-refractivity contribution in [1.29, 1.82) is 0 Å². The summed E-state index contributed by atoms with van der Waals surface area (Å²) in [5, 5.41) is 0. The molecule has 0 heterocycles. The molecule has 0 radical (unpaired) electrons. The van der Waals surface area contributed by atoms with Gasteiger partial charge in [0.2, 0.25) is 10.0 Å². The van der Waals surface area contributed by atoms with Gasteiger partial charge < -0.3 is 5.73 Å². The molecule has 1 atom stereocenters. The number of benzene rings is 1. The Hall–Kier alpha value is -0.910. The van der Waals surface area contributed by atoms with Gasteiger partial charge in [0.05, 0.1) is 4.90 Å². The van der Waals surface area contributed by atoms with Crippen LogP contribution in [0, 0.1) is 12.3 Å². The number of sulfonamides is 1. The summed E-state index contributed by atoms with van der Waals surface area (Å²) in [5.41, 5.74) is 6.96. The quantitative estimate of drug-likeness (QED) is 0.869. The molecule has 1 unspecified atom stereocenters. The van der Waals surface area contributed by atoms with Gasteiger partial charge >= 0.3 is 0 Å². The first-order chi connectivity index (χ1) is 8.60. The van der Waals surface area contributed by atoms with E-state index in [1.165, 1.54) is 0 Å². The van der Waals surface area contributed by atoms with Crippen molar-refractivity contribution in [2.45, 2.75) is 45.1 Å². The summed E-state index contributed by atoms with van der Waals surface area (Å²) in [7, 11) is -3.46. The summed E-state index contributed by atoms with van der Waals surface area (Å²) in [6.45, 7) is 8.38. The van der Waals surface area contributed by atoms with Gasteiger partial charge in [-0.25, -0.2) is 13.1 Å². The van der Waals surface area contributed by atoms with Crippen LogP contribution in [0.25, 0.3) is 0 Å². The van der Waals surface area contributed by atoms with Gasteiger partial charge in [0.25, 0.3) is 0 Å². The molecule has 0 spiro atoms. The Kier molecular flexibility index (Phi) is 5.12. The van der Waals surface area contributed by atoms with Crippen molar-refractivity contribution in [1.82, 2.24) is 4.72 Å². The fraction of sp³-hybridized carbons (Fsp3) is 0.571. The van der Waals surface area contributed by atoms with Crippen molar-refractivity contribution in [2.75, 3.05) is 6.54 Å². The number of hydrogen-bond acceptors (Lipinski definition) is 3. The van der Waals surface area contributed by atoms with E-state index >= 15 is 0 Å². The third kappa shape index (κ3) is 5.72. The molecule has 0 aliphatic rings. The number of rotatable bonds is 5. The fourth-order valence-corrected chi connectivity index (χ4v) is 3.14. The molecule has 0 aromatic heterocycles. The first-order valence-corrected chi connectivity index (χ1v) is 7.90. The fourth-order valence-electron chi connectivity index (χ4n) is 1.94. The Balaban J connectivity index is 2.66. The van der Waals surface area contributed by atoms with Crippen LogP contribution >= 0.6 is 0 Å². The third-order valence-corrected chi connectivity index (χ3v) is 4.13. The molecule has 0 aliphatic heterocycles. The van der Waals surface area contributed by atoms with E-state index in [4.69, 9.17) is 5.73 Å². The first-order valence-electron chi connectivity index (χ1n) is 6.42. The third-order valence-electron chi connectivity index (χ3n) is 2.71. The van der Waals surface area contributed by atoms with Gasteiger partial charge in [-0.3, -0.25) is 0 Å². The molecular weight excluding hydrogens is 260 g/mol. The van der Waals surface area contributed by atoms with Gasteiger partial charge in [0.1, 0.15) is 0 Å². The highest BCUT2D eigenvalue weighted by molar-refractivity contribution is 7.89. The first kappa shape index (κ1) is 16.1. The maximum absolute atomic E-state index is 12.1. The van der Waals surface area contributed by atoms with Crippen LogP contribution in [-0.4, -0.2) is 21.0 Å². The standard InChI is InChI=1S/C14H24N2O2S/c1-11-6-5-7-13(8-11)19(17,18)16-10-12(15)9-14(2,3)4/h5-8,12,16H,9-10,15H2,1-4H3. The number of nitrogens with two attached hydrogens (primary N) is 1. The molecular formula is C14H24N2O2S. The lowest BCUT2D eigenvalue weighted by Gasteiger charge is -2.23. The average Bonchev–Trinajstić information content (AvgIpc) is 2.24. The van der Waals surface area contributed by atoms with E-state index < -0.39 is 10.0 Å². The molecule has 0 aliphatic carbocycles. The normalized spacial score (nSPS) is 14.4. The Labute approximate surface area is 116 Å². The molecule has 19 heavy (non-hydrogen) atoms. The Morgan fingerprint density at radius 2 is 1.95 bits per heavy atom. The van der Waals surface area contributed by atoms with Crippen LogP contribution in [0.5, 0.6) is 0 Å². The summed E-state index contributed by atoms with van der Waals surface area (Å²) < 4.78 is 26.7. The topological polar surface area (TPSA) is 72.2 Å². The second-order valence-electron chi connectivity index (χ2n) is 6.19. The molecule has 1 aromatic carbocycles. The van der Waals surface area contributed by atoms with Crippen LogP contribution in [0.4, 0.5) is 0 Å². The molecule has 0 fully saturated rings. The number of nitrogens with one attached hydrogen (secondary N) is 1. The van der Waals surface area contributed by atoms with Crippen LogP contribution in [0.1, 0.15) is 32.8 Å². The highest BCUT2D eigenvalue weighted by Gasteiger charge is 2.19. The van der Waals surface area contributed by atoms with Crippen LogP contribution in [-0.2, 0) is 10.0 Å². The molecule has 3 N–H and O–H groups in total. The summed E-state index contributed by atoms with van der Waals surface area (Å²) in [5.74, 6) is 0. The summed E-state index contributed by atoms with van der Waals surface area (Å²) >= 11 is 0. The SMILES string of the molecule is Cc1cccc(S(=O)(=O)NCC(N)CC(C)(C)C)c1. The number of aryl methyl sites for hydroxylation is 1. The second-order valence-corrected chi connectivity index (χ2v) is 7.96. The van der Waals surface area contributed by atoms with E-state index in [0.29, 0.717) is 0 Å². The van der Waals surface area contributed by atoms with E-state index in [-0.39, 0.29) is 22.9 Å². The van der Waals surface area contributed by atoms with Crippen LogP contribution in [0.2, 0.25) is 0 Å². The van der Waals surface area contributed by atoms with Crippen molar-refractivity contribution in [3.8, 4) is 0 Å². The van der Waals surface area contributed by atoms with Crippen molar-refractivity contribution in [3.63, 3.8) is 0 Å². The Morgan fingerprint density at radius 1 is 1.32 bits per heavy atom. The summed E-state index contributed by atoms with van der Waals surface area (Å²) in [6, 6.07) is 6.66. The predicted octanol–water partition coefficient (Wildman–Crippen LogP) is 2.04. The minimum atomic E-state index is -3.46. The smallest absolute Gasteiger partial charge is 0.240 e. The molecule has 0 bridgehead atoms. The van der Waals surface area contributed by atoms with E-state index in [1.807, 2.05) is 13.0 Å². The zero-order chi connectivity index (χ0) is 14.7. The lowest BCUT2D eigenvalue weighted by atomic mass is 9.88. The molecule has 0 amide bonds. The van der Waals surface area contributed by atoms with E-state index in [2.05, 4.69) is 25.5 Å². The average molecular weight is 284 g/mol. The minimum Gasteiger partial charge on any atom is -0.326 e. The monoisotopic (exact) mass is 284 g/mol. The minimum absolute atomic E-state index is 0.0915. The van der Waals surface area contributed by atoms with E-state index in [1.54, 1.807) is 18.2 Å². The van der Waals surface area contributed by atoms with Gasteiger partial charge in [-0.1, -0.05) is 32.9 Å². The molecule has 0 saturated carbocycles. The van der Waals surface area contributed by atoms with Gasteiger partial charge in [0, 0.05) is 12.6 Å². The van der Waals surface area contributed by atoms with Crippen LogP contribution in [0.3, 0.4) is 0 Å². The molecule has 1 aromatic rings. The zero-order valence-corrected chi connectivity index (χ0v) is 12.9. The van der Waals surface area contributed by atoms with Gasteiger partial charge in [0.15, 0.2) is 0 Å². The van der Waals surface area contributed by atoms with Crippen molar-refractivity contribution >= 4 is 10.0 Å². The molecule has 0 saturated heterocycles. The predicted molar refractivity (Wildman–Crippen MR) is 78.4 cm³/mol. The maximum Gasteiger partial charge on any atom is 0.240 e. The summed E-state index contributed by atoms with van der Waals surface area (Å²) in [6.07, 6.45) is 0.767. The molecule has 5 heteroatoms. The second kappa shape index (κ2) is 6.03. The highest BCUT2D eigenvalue weighted by atomic mass is 32.2. The molecule has 108 valence electrons. The van der Waals surface area contributed by atoms with Crippen LogP contribution < -0.4 is 10.5 Å². The Morgan fingerprint density at radius 3 is 2.47 bits per heavy atom. The number of hydrogen-bond donors (Lipinski definition) is 2.